The van der Waals surface area contributed by atoms with E-state index in [4.69, 9.17) is 0 Å². The molecule has 0 N–H and O–H groups in total. The van der Waals surface area contributed by atoms with Crippen molar-refractivity contribution in [3.05, 3.63) is 30.1 Å². The molecular weight excluding hydrogens is 186 g/mol. The molecule has 15 heavy (non-hydrogen) atoms. The molecule has 2 nitrogen and oxygen atoms in total. The number of aryl methyl sites for hydroxylation is 1. The third-order valence-electron chi connectivity index (χ3n) is 2.68. The van der Waals surface area contributed by atoms with Crippen LogP contribution in [0.15, 0.2) is 24.5 Å². The number of ketones is 1. The van der Waals surface area contributed by atoms with Crippen LogP contribution in [0.5, 0.6) is 0 Å². The fourth-order valence-electron chi connectivity index (χ4n) is 1.66. The number of carbonyl (C=O) groups is 1. The summed E-state index contributed by atoms with van der Waals surface area (Å²) in [6.45, 7) is 4.14. The van der Waals surface area contributed by atoms with Gasteiger partial charge in [-0.1, -0.05) is 20.3 Å². The van der Waals surface area contributed by atoms with Crippen LogP contribution in [-0.2, 0) is 11.2 Å². The normalized spacial score (nSPS) is 12.4. The molecular formula is C13H19NO. The second-order valence-corrected chi connectivity index (χ2v) is 4.01. The summed E-state index contributed by atoms with van der Waals surface area (Å²) in [5.41, 5.74) is 1.20. The number of aromatic nitrogens is 1. The Balaban J connectivity index is 2.34. The Kier molecular flexibility index (Phi) is 5.02. The topological polar surface area (TPSA) is 30.0 Å². The maximum Gasteiger partial charge on any atom is 0.136 e. The van der Waals surface area contributed by atoms with E-state index in [1.54, 1.807) is 12.4 Å². The second kappa shape index (κ2) is 6.33. The molecule has 1 atom stereocenters. The molecule has 0 aliphatic carbocycles. The van der Waals surface area contributed by atoms with Gasteiger partial charge in [-0.15, -0.1) is 0 Å². The van der Waals surface area contributed by atoms with Gasteiger partial charge in [0.1, 0.15) is 5.78 Å². The summed E-state index contributed by atoms with van der Waals surface area (Å²) in [6, 6.07) is 3.94. The summed E-state index contributed by atoms with van der Waals surface area (Å²) in [5.74, 6) is 0.602. The van der Waals surface area contributed by atoms with Crippen molar-refractivity contribution in [1.29, 1.82) is 0 Å². The smallest absolute Gasteiger partial charge is 0.136 e. The highest BCUT2D eigenvalue weighted by atomic mass is 16.1. The molecule has 2 heteroatoms. The van der Waals surface area contributed by atoms with Gasteiger partial charge in [0.2, 0.25) is 0 Å². The number of rotatable bonds is 6. The summed E-state index contributed by atoms with van der Waals surface area (Å²) in [6.07, 6.45) is 7.14. The monoisotopic (exact) mass is 205 g/mol. The largest absolute Gasteiger partial charge is 0.299 e. The number of carbonyl (C=O) groups excluding carboxylic acids is 1. The van der Waals surface area contributed by atoms with Crippen molar-refractivity contribution in [2.45, 2.75) is 39.5 Å². The number of hydrogen-bond donors (Lipinski definition) is 0. The van der Waals surface area contributed by atoms with E-state index in [-0.39, 0.29) is 5.92 Å². The zero-order valence-electron chi connectivity index (χ0n) is 9.57. The quantitative estimate of drug-likeness (QED) is 0.714. The van der Waals surface area contributed by atoms with Gasteiger partial charge in [0, 0.05) is 24.7 Å². The molecule has 1 aromatic heterocycles. The van der Waals surface area contributed by atoms with Crippen molar-refractivity contribution in [3.63, 3.8) is 0 Å². The first-order chi connectivity index (χ1) is 7.24. The third kappa shape index (κ3) is 4.24. The van der Waals surface area contributed by atoms with E-state index in [9.17, 15) is 4.79 Å². The predicted octanol–water partition coefficient (Wildman–Crippen LogP) is 3.02. The molecule has 1 rings (SSSR count). The lowest BCUT2D eigenvalue weighted by Gasteiger charge is -2.08. The Hall–Kier alpha value is -1.18. The van der Waals surface area contributed by atoms with Crippen LogP contribution < -0.4 is 0 Å². The van der Waals surface area contributed by atoms with Crippen molar-refractivity contribution in [3.8, 4) is 0 Å². The van der Waals surface area contributed by atoms with Gasteiger partial charge in [-0.05, 0) is 30.5 Å². The van der Waals surface area contributed by atoms with Crippen LogP contribution in [0.4, 0.5) is 0 Å². The van der Waals surface area contributed by atoms with E-state index in [2.05, 4.69) is 11.9 Å². The average Bonchev–Trinajstić information content (AvgIpc) is 2.27. The minimum Gasteiger partial charge on any atom is -0.299 e. The molecule has 0 spiro atoms. The maximum absolute atomic E-state index is 11.7. The van der Waals surface area contributed by atoms with Crippen molar-refractivity contribution >= 4 is 5.78 Å². The molecule has 82 valence electrons. The van der Waals surface area contributed by atoms with Gasteiger partial charge >= 0.3 is 0 Å². The van der Waals surface area contributed by atoms with Gasteiger partial charge in [-0.2, -0.15) is 0 Å². The van der Waals surface area contributed by atoms with Gasteiger partial charge in [-0.25, -0.2) is 0 Å². The molecule has 0 aliphatic rings. The number of Topliss-reactive ketones (excluding diaryl/α,β-unsaturated/α-hetero) is 1. The highest BCUT2D eigenvalue weighted by molar-refractivity contribution is 5.80. The predicted molar refractivity (Wildman–Crippen MR) is 61.6 cm³/mol. The molecule has 1 unspecified atom stereocenters. The SMILES string of the molecule is CCCC(C)C(=O)CCc1ccncc1. The van der Waals surface area contributed by atoms with E-state index in [0.717, 1.165) is 19.3 Å². The molecule has 0 amide bonds. The first-order valence-corrected chi connectivity index (χ1v) is 5.65. The van der Waals surface area contributed by atoms with Gasteiger partial charge in [0.05, 0.1) is 0 Å². The Morgan fingerprint density at radius 1 is 1.40 bits per heavy atom. The van der Waals surface area contributed by atoms with Crippen LogP contribution in [0.1, 0.15) is 38.7 Å². The Morgan fingerprint density at radius 3 is 2.67 bits per heavy atom. The summed E-state index contributed by atoms with van der Waals surface area (Å²) in [4.78, 5) is 15.6. The summed E-state index contributed by atoms with van der Waals surface area (Å²) >= 11 is 0. The Bertz CT molecular complexity index is 295. The lowest BCUT2D eigenvalue weighted by Crippen LogP contribution is -2.11. The molecule has 0 radical (unpaired) electrons. The van der Waals surface area contributed by atoms with Gasteiger partial charge in [-0.3, -0.25) is 9.78 Å². The maximum atomic E-state index is 11.7. The van der Waals surface area contributed by atoms with E-state index >= 15 is 0 Å². The second-order valence-electron chi connectivity index (χ2n) is 4.01. The highest BCUT2D eigenvalue weighted by Gasteiger charge is 2.11. The molecule has 0 bridgehead atoms. The fourth-order valence-corrected chi connectivity index (χ4v) is 1.66. The van der Waals surface area contributed by atoms with E-state index in [1.807, 2.05) is 19.1 Å². The standard InChI is InChI=1S/C13H19NO/c1-3-4-11(2)13(15)6-5-12-7-9-14-10-8-12/h7-11H,3-6H2,1-2H3. The lowest BCUT2D eigenvalue weighted by molar-refractivity contribution is -0.122. The van der Waals surface area contributed by atoms with Crippen molar-refractivity contribution < 1.29 is 4.79 Å². The van der Waals surface area contributed by atoms with E-state index in [1.165, 1.54) is 5.56 Å². The van der Waals surface area contributed by atoms with Gasteiger partial charge < -0.3 is 0 Å². The molecule has 0 fully saturated rings. The lowest BCUT2D eigenvalue weighted by atomic mass is 9.96. The summed E-state index contributed by atoms with van der Waals surface area (Å²) < 4.78 is 0. The number of nitrogens with zero attached hydrogens (tertiary/aromatic N) is 1. The minimum absolute atomic E-state index is 0.219. The minimum atomic E-state index is 0.219. The van der Waals surface area contributed by atoms with Crippen molar-refractivity contribution in [2.24, 2.45) is 5.92 Å². The number of pyridine rings is 1. The summed E-state index contributed by atoms with van der Waals surface area (Å²) in [5, 5.41) is 0. The van der Waals surface area contributed by atoms with E-state index < -0.39 is 0 Å². The van der Waals surface area contributed by atoms with E-state index in [0.29, 0.717) is 12.2 Å². The Morgan fingerprint density at radius 2 is 2.07 bits per heavy atom. The summed E-state index contributed by atoms with van der Waals surface area (Å²) in [7, 11) is 0. The van der Waals surface area contributed by atoms with Gasteiger partial charge in [0.25, 0.3) is 0 Å². The zero-order chi connectivity index (χ0) is 11.1. The molecule has 0 saturated heterocycles. The van der Waals surface area contributed by atoms with Crippen LogP contribution in [0, 0.1) is 5.92 Å². The zero-order valence-corrected chi connectivity index (χ0v) is 9.57. The molecule has 1 aromatic rings. The molecule has 0 aliphatic heterocycles. The van der Waals surface area contributed by atoms with Crippen LogP contribution in [0.2, 0.25) is 0 Å². The van der Waals surface area contributed by atoms with Crippen molar-refractivity contribution in [1.82, 2.24) is 4.98 Å². The Labute approximate surface area is 91.7 Å². The van der Waals surface area contributed by atoms with Crippen LogP contribution >= 0.6 is 0 Å². The van der Waals surface area contributed by atoms with Crippen LogP contribution in [0.25, 0.3) is 0 Å². The highest BCUT2D eigenvalue weighted by Crippen LogP contribution is 2.11. The molecule has 0 aromatic carbocycles. The van der Waals surface area contributed by atoms with Crippen LogP contribution in [0.3, 0.4) is 0 Å². The van der Waals surface area contributed by atoms with Crippen molar-refractivity contribution in [2.75, 3.05) is 0 Å². The molecule has 0 saturated carbocycles. The average molecular weight is 205 g/mol. The van der Waals surface area contributed by atoms with Crippen LogP contribution in [-0.4, -0.2) is 10.8 Å². The number of hydrogen-bond acceptors (Lipinski definition) is 2. The third-order valence-corrected chi connectivity index (χ3v) is 2.68. The first kappa shape index (κ1) is 11.9. The first-order valence-electron chi connectivity index (χ1n) is 5.65. The molecule has 1 heterocycles. The van der Waals surface area contributed by atoms with Gasteiger partial charge in [0.15, 0.2) is 0 Å². The fraction of sp³-hybridized carbons (Fsp3) is 0.538.